The zero-order valence-electron chi connectivity index (χ0n) is 18.4. The molecule has 1 aliphatic rings. The van der Waals surface area contributed by atoms with Crippen LogP contribution in [0.25, 0.3) is 16.6 Å². The standard InChI is InChI=1S/C24H26N4O4S/c1-32-20-13-7-6-12-19(20)28-22(30)17-10-4-5-11-18(17)26-24(28)33-15-14-21(29)27-23(31)25-16-8-2-3-9-16/h4-7,10-13,16H,2-3,8-9,14-15H2,1H3,(H2,25,27,29,31). The summed E-state index contributed by atoms with van der Waals surface area (Å²) in [6.45, 7) is 0. The number of thioether (sulfide) groups is 1. The maximum absolute atomic E-state index is 13.3. The molecule has 33 heavy (non-hydrogen) atoms. The quantitative estimate of drug-likeness (QED) is 0.407. The Morgan fingerprint density at radius 2 is 1.85 bits per heavy atom. The zero-order chi connectivity index (χ0) is 23.2. The highest BCUT2D eigenvalue weighted by Crippen LogP contribution is 2.27. The lowest BCUT2D eigenvalue weighted by molar-refractivity contribution is -0.119. The lowest BCUT2D eigenvalue weighted by Crippen LogP contribution is -2.43. The van der Waals surface area contributed by atoms with Gasteiger partial charge in [0.2, 0.25) is 5.91 Å². The highest BCUT2D eigenvalue weighted by atomic mass is 32.2. The molecule has 4 rings (SSSR count). The third-order valence-electron chi connectivity index (χ3n) is 5.57. The van der Waals surface area contributed by atoms with Crippen molar-refractivity contribution in [2.75, 3.05) is 12.9 Å². The van der Waals surface area contributed by atoms with E-state index in [1.54, 1.807) is 37.4 Å². The van der Waals surface area contributed by atoms with Gasteiger partial charge in [-0.2, -0.15) is 0 Å². The van der Waals surface area contributed by atoms with E-state index in [-0.39, 0.29) is 23.9 Å². The molecule has 0 spiro atoms. The maximum atomic E-state index is 13.3. The lowest BCUT2D eigenvalue weighted by Gasteiger charge is -2.15. The van der Waals surface area contributed by atoms with Crippen LogP contribution < -0.4 is 20.9 Å². The Kier molecular flexibility index (Phi) is 7.29. The summed E-state index contributed by atoms with van der Waals surface area (Å²) in [5, 5.41) is 6.17. The first kappa shape index (κ1) is 22.8. The molecule has 2 N–H and O–H groups in total. The number of fused-ring (bicyclic) bond motifs is 1. The lowest BCUT2D eigenvalue weighted by atomic mass is 10.2. The molecule has 0 unspecified atom stereocenters. The summed E-state index contributed by atoms with van der Waals surface area (Å²) < 4.78 is 6.97. The number of hydrogen-bond donors (Lipinski definition) is 2. The number of carbonyl (C=O) groups is 2. The number of rotatable bonds is 7. The van der Waals surface area contributed by atoms with Gasteiger partial charge in [0.15, 0.2) is 5.16 Å². The number of methoxy groups -OCH3 is 1. The second kappa shape index (κ2) is 10.5. The number of nitrogens with one attached hydrogen (secondary N) is 2. The van der Waals surface area contributed by atoms with Crippen molar-refractivity contribution in [2.24, 2.45) is 0 Å². The second-order valence-electron chi connectivity index (χ2n) is 7.83. The van der Waals surface area contributed by atoms with Crippen molar-refractivity contribution in [1.82, 2.24) is 20.2 Å². The Balaban J connectivity index is 1.51. The van der Waals surface area contributed by atoms with Gasteiger partial charge < -0.3 is 10.1 Å². The van der Waals surface area contributed by atoms with Crippen molar-refractivity contribution < 1.29 is 14.3 Å². The minimum atomic E-state index is -0.452. The highest BCUT2D eigenvalue weighted by Gasteiger charge is 2.19. The smallest absolute Gasteiger partial charge is 0.321 e. The number of nitrogens with zero attached hydrogens (tertiary/aromatic N) is 2. The Bertz CT molecular complexity index is 1220. The summed E-state index contributed by atoms with van der Waals surface area (Å²) in [6.07, 6.45) is 4.21. The van der Waals surface area contributed by atoms with Gasteiger partial charge >= 0.3 is 6.03 Å². The number of carbonyl (C=O) groups excluding carboxylic acids is 2. The van der Waals surface area contributed by atoms with Crippen molar-refractivity contribution in [1.29, 1.82) is 0 Å². The van der Waals surface area contributed by atoms with Gasteiger partial charge in [0.25, 0.3) is 5.56 Å². The van der Waals surface area contributed by atoms with Gasteiger partial charge in [-0.05, 0) is 37.1 Å². The molecule has 0 bridgehead atoms. The first-order valence-corrected chi connectivity index (χ1v) is 11.9. The summed E-state index contributed by atoms with van der Waals surface area (Å²) in [4.78, 5) is 42.3. The molecule has 1 fully saturated rings. The van der Waals surface area contributed by atoms with Crippen LogP contribution in [0.2, 0.25) is 0 Å². The molecule has 1 aliphatic carbocycles. The number of urea groups is 1. The normalized spacial score (nSPS) is 13.7. The number of aromatic nitrogens is 2. The Hall–Kier alpha value is -3.33. The van der Waals surface area contributed by atoms with Crippen LogP contribution in [0.5, 0.6) is 5.75 Å². The number of para-hydroxylation sites is 3. The van der Waals surface area contributed by atoms with E-state index in [0.717, 1.165) is 25.7 Å². The average Bonchev–Trinajstić information content (AvgIpc) is 3.32. The minimum absolute atomic E-state index is 0.109. The molecule has 0 atom stereocenters. The molecule has 1 heterocycles. The molecule has 1 aromatic heterocycles. The largest absolute Gasteiger partial charge is 0.495 e. The molecule has 3 amide bonds. The van der Waals surface area contributed by atoms with Crippen molar-refractivity contribution in [3.05, 3.63) is 58.9 Å². The van der Waals surface area contributed by atoms with Crippen LogP contribution in [0.1, 0.15) is 32.1 Å². The van der Waals surface area contributed by atoms with E-state index in [9.17, 15) is 14.4 Å². The van der Waals surface area contributed by atoms with Gasteiger partial charge in [-0.1, -0.05) is 48.9 Å². The van der Waals surface area contributed by atoms with Crippen LogP contribution in [0.4, 0.5) is 4.79 Å². The third kappa shape index (κ3) is 5.36. The van der Waals surface area contributed by atoms with E-state index in [2.05, 4.69) is 15.6 Å². The zero-order valence-corrected chi connectivity index (χ0v) is 19.2. The number of benzene rings is 2. The van der Waals surface area contributed by atoms with E-state index >= 15 is 0 Å². The molecular formula is C24H26N4O4S. The molecule has 0 aliphatic heterocycles. The second-order valence-corrected chi connectivity index (χ2v) is 8.89. The van der Waals surface area contributed by atoms with Crippen LogP contribution in [0.15, 0.2) is 58.5 Å². The monoisotopic (exact) mass is 466 g/mol. The topological polar surface area (TPSA) is 102 Å². The van der Waals surface area contributed by atoms with Gasteiger partial charge in [-0.25, -0.2) is 9.78 Å². The van der Waals surface area contributed by atoms with E-state index in [1.165, 1.54) is 16.3 Å². The summed E-state index contributed by atoms with van der Waals surface area (Å²) in [5.74, 6) is 0.521. The van der Waals surface area contributed by atoms with E-state index < -0.39 is 6.03 Å². The van der Waals surface area contributed by atoms with Gasteiger partial charge in [0, 0.05) is 18.2 Å². The fourth-order valence-electron chi connectivity index (χ4n) is 3.95. The SMILES string of the molecule is COc1ccccc1-n1c(SCCC(=O)NC(=O)NC2CCCC2)nc2ccccc2c1=O. The van der Waals surface area contributed by atoms with Gasteiger partial charge in [-0.15, -0.1) is 0 Å². The molecular weight excluding hydrogens is 440 g/mol. The van der Waals surface area contributed by atoms with Crippen molar-refractivity contribution in [3.63, 3.8) is 0 Å². The first-order chi connectivity index (χ1) is 16.1. The number of ether oxygens (including phenoxy) is 1. The summed E-state index contributed by atoms with van der Waals surface area (Å²) in [7, 11) is 1.55. The molecule has 0 radical (unpaired) electrons. The Labute approximate surface area is 195 Å². The molecule has 3 aromatic rings. The van der Waals surface area contributed by atoms with E-state index in [0.29, 0.717) is 33.2 Å². The fourth-order valence-corrected chi connectivity index (χ4v) is 4.90. The van der Waals surface area contributed by atoms with Crippen molar-refractivity contribution in [3.8, 4) is 11.4 Å². The molecule has 172 valence electrons. The fraction of sp³-hybridized carbons (Fsp3) is 0.333. The summed E-state index contributed by atoms with van der Waals surface area (Å²) in [6, 6.07) is 14.1. The molecule has 9 heteroatoms. The summed E-state index contributed by atoms with van der Waals surface area (Å²) in [5.41, 5.74) is 0.940. The van der Waals surface area contributed by atoms with Gasteiger partial charge in [0.05, 0.1) is 23.7 Å². The third-order valence-corrected chi connectivity index (χ3v) is 6.51. The van der Waals surface area contributed by atoms with Gasteiger partial charge in [0.1, 0.15) is 5.75 Å². The molecule has 8 nitrogen and oxygen atoms in total. The maximum Gasteiger partial charge on any atom is 0.321 e. The predicted molar refractivity (Wildman–Crippen MR) is 128 cm³/mol. The van der Waals surface area contributed by atoms with Crippen molar-refractivity contribution >= 4 is 34.6 Å². The van der Waals surface area contributed by atoms with Crippen LogP contribution in [-0.4, -0.2) is 40.4 Å². The van der Waals surface area contributed by atoms with Crippen LogP contribution in [0, 0.1) is 0 Å². The summed E-state index contributed by atoms with van der Waals surface area (Å²) >= 11 is 1.28. The minimum Gasteiger partial charge on any atom is -0.495 e. The highest BCUT2D eigenvalue weighted by molar-refractivity contribution is 7.99. The van der Waals surface area contributed by atoms with Crippen LogP contribution >= 0.6 is 11.8 Å². The van der Waals surface area contributed by atoms with E-state index in [1.807, 2.05) is 18.2 Å². The number of imide groups is 1. The first-order valence-electron chi connectivity index (χ1n) is 10.9. The Morgan fingerprint density at radius 3 is 2.64 bits per heavy atom. The van der Waals surface area contributed by atoms with Crippen molar-refractivity contribution in [2.45, 2.75) is 43.3 Å². The Morgan fingerprint density at radius 1 is 1.12 bits per heavy atom. The molecule has 1 saturated carbocycles. The van der Waals surface area contributed by atoms with Gasteiger partial charge in [-0.3, -0.25) is 19.5 Å². The number of hydrogen-bond acceptors (Lipinski definition) is 6. The van der Waals surface area contributed by atoms with Crippen LogP contribution in [-0.2, 0) is 4.79 Å². The average molecular weight is 467 g/mol. The van der Waals surface area contributed by atoms with E-state index in [4.69, 9.17) is 4.74 Å². The number of amides is 3. The van der Waals surface area contributed by atoms with Crippen LogP contribution in [0.3, 0.4) is 0 Å². The predicted octanol–water partition coefficient (Wildman–Crippen LogP) is 3.64. The molecule has 0 saturated heterocycles. The molecule has 2 aromatic carbocycles.